The Balaban J connectivity index is 2.37. The van der Waals surface area contributed by atoms with E-state index >= 15 is 0 Å². The molecule has 0 radical (unpaired) electrons. The smallest absolute Gasteiger partial charge is 0.0314 e. The summed E-state index contributed by atoms with van der Waals surface area (Å²) >= 11 is 15.1. The van der Waals surface area contributed by atoms with E-state index in [1.165, 1.54) is 11.1 Å². The van der Waals surface area contributed by atoms with Crippen molar-refractivity contribution >= 4 is 46.7 Å². The van der Waals surface area contributed by atoms with E-state index in [2.05, 4.69) is 24.3 Å². The first kappa shape index (κ1) is 14.6. The zero-order valence-corrected chi connectivity index (χ0v) is 12.3. The largest absolute Gasteiger partial charge is 0.156 e. The zero-order chi connectivity index (χ0) is 11.6. The van der Waals surface area contributed by atoms with Crippen molar-refractivity contribution in [3.63, 3.8) is 0 Å². The molecule has 0 saturated carbocycles. The van der Waals surface area contributed by atoms with Crippen molar-refractivity contribution in [1.29, 1.82) is 0 Å². The van der Waals surface area contributed by atoms with Crippen molar-refractivity contribution in [3.8, 4) is 0 Å². The van der Waals surface area contributed by atoms with E-state index in [-0.39, 0.29) is 0 Å². The topological polar surface area (TPSA) is 0 Å². The predicted octanol–water partition coefficient (Wildman–Crippen LogP) is 4.63. The molecule has 1 rings (SSSR count). The van der Waals surface area contributed by atoms with Gasteiger partial charge in [0.1, 0.15) is 0 Å². The molecule has 0 fully saturated rings. The predicted molar refractivity (Wildman–Crippen MR) is 80.2 cm³/mol. The van der Waals surface area contributed by atoms with Crippen LogP contribution >= 0.6 is 46.7 Å². The molecule has 0 unspecified atom stereocenters. The molecule has 0 atom stereocenters. The quantitative estimate of drug-likeness (QED) is 0.506. The Bertz CT molecular complexity index is 267. The average molecular weight is 295 g/mol. The first-order valence-corrected chi connectivity index (χ1v) is 8.60. The van der Waals surface area contributed by atoms with Gasteiger partial charge in [-0.15, -0.1) is 23.2 Å². The van der Waals surface area contributed by atoms with E-state index in [9.17, 15) is 0 Å². The molecule has 0 aliphatic carbocycles. The molecule has 0 heterocycles. The van der Waals surface area contributed by atoms with Gasteiger partial charge < -0.3 is 0 Å². The zero-order valence-electron chi connectivity index (χ0n) is 9.12. The summed E-state index contributed by atoms with van der Waals surface area (Å²) in [5, 5.41) is 0. The Morgan fingerprint density at radius 3 is 1.81 bits per heavy atom. The van der Waals surface area contributed by atoms with Gasteiger partial charge in [-0.2, -0.15) is 23.5 Å². The summed E-state index contributed by atoms with van der Waals surface area (Å²) < 4.78 is 0. The standard InChI is InChI=1S/C12H16Cl2S2/c13-4-6-15-9-11-2-1-3-12(8-11)10-16-7-5-14/h1-3,8H,4-7,9-10H2. The first-order chi connectivity index (χ1) is 7.86. The van der Waals surface area contributed by atoms with Gasteiger partial charge in [-0.1, -0.05) is 24.3 Å². The van der Waals surface area contributed by atoms with E-state index < -0.39 is 0 Å². The number of hydrogen-bond acceptors (Lipinski definition) is 2. The minimum absolute atomic E-state index is 0.732. The highest BCUT2D eigenvalue weighted by molar-refractivity contribution is 7.98. The van der Waals surface area contributed by atoms with Crippen LogP contribution in [-0.4, -0.2) is 23.3 Å². The van der Waals surface area contributed by atoms with Gasteiger partial charge >= 0.3 is 0 Å². The second-order valence-corrected chi connectivity index (χ2v) is 6.27. The summed E-state index contributed by atoms with van der Waals surface area (Å²) in [5.41, 5.74) is 2.78. The summed E-state index contributed by atoms with van der Waals surface area (Å²) in [5.74, 6) is 5.62. The lowest BCUT2D eigenvalue weighted by Crippen LogP contribution is -1.88. The fourth-order valence-electron chi connectivity index (χ4n) is 1.30. The van der Waals surface area contributed by atoms with Crippen molar-refractivity contribution in [3.05, 3.63) is 35.4 Å². The Kier molecular flexibility index (Phi) is 8.67. The maximum atomic E-state index is 5.65. The molecule has 0 aromatic heterocycles. The molecule has 0 aliphatic rings. The minimum atomic E-state index is 0.732. The van der Waals surface area contributed by atoms with Crippen LogP contribution in [0.15, 0.2) is 24.3 Å². The van der Waals surface area contributed by atoms with E-state index in [0.717, 1.165) is 34.8 Å². The van der Waals surface area contributed by atoms with Crippen LogP contribution in [0.5, 0.6) is 0 Å². The minimum Gasteiger partial charge on any atom is -0.156 e. The van der Waals surface area contributed by atoms with Gasteiger partial charge in [0.25, 0.3) is 0 Å². The molecule has 1 aromatic rings. The number of halogens is 2. The number of thioether (sulfide) groups is 2. The highest BCUT2D eigenvalue weighted by Gasteiger charge is 1.97. The Morgan fingerprint density at radius 1 is 0.875 bits per heavy atom. The lowest BCUT2D eigenvalue weighted by Gasteiger charge is -2.04. The molecule has 4 heteroatoms. The van der Waals surface area contributed by atoms with Crippen LogP contribution in [0.1, 0.15) is 11.1 Å². The molecule has 0 nitrogen and oxygen atoms in total. The number of alkyl halides is 2. The summed E-state index contributed by atoms with van der Waals surface area (Å²) in [4.78, 5) is 0. The third-order valence-electron chi connectivity index (χ3n) is 1.97. The van der Waals surface area contributed by atoms with E-state index in [0.29, 0.717) is 0 Å². The molecule has 0 aliphatic heterocycles. The van der Waals surface area contributed by atoms with Crippen molar-refractivity contribution in [2.45, 2.75) is 11.5 Å². The summed E-state index contributed by atoms with van der Waals surface area (Å²) in [7, 11) is 0. The van der Waals surface area contributed by atoms with E-state index in [1.54, 1.807) is 0 Å². The molecule has 16 heavy (non-hydrogen) atoms. The first-order valence-electron chi connectivity index (χ1n) is 5.22. The lowest BCUT2D eigenvalue weighted by molar-refractivity contribution is 1.32. The lowest BCUT2D eigenvalue weighted by atomic mass is 10.2. The maximum absolute atomic E-state index is 5.65. The van der Waals surface area contributed by atoms with Crippen LogP contribution < -0.4 is 0 Å². The van der Waals surface area contributed by atoms with Gasteiger partial charge in [0.2, 0.25) is 0 Å². The number of benzene rings is 1. The summed E-state index contributed by atoms with van der Waals surface area (Å²) in [6, 6.07) is 8.77. The molecule has 0 bridgehead atoms. The van der Waals surface area contributed by atoms with Gasteiger partial charge in [-0.05, 0) is 11.1 Å². The van der Waals surface area contributed by atoms with Crippen molar-refractivity contribution in [2.24, 2.45) is 0 Å². The maximum Gasteiger partial charge on any atom is 0.0314 e. The van der Waals surface area contributed by atoms with Crippen LogP contribution in [-0.2, 0) is 11.5 Å². The van der Waals surface area contributed by atoms with Gasteiger partial charge in [-0.3, -0.25) is 0 Å². The Labute approximate surface area is 116 Å². The average Bonchev–Trinajstić information content (AvgIpc) is 2.30. The molecule has 90 valence electrons. The molecular formula is C12H16Cl2S2. The van der Waals surface area contributed by atoms with Crippen LogP contribution in [0, 0.1) is 0 Å². The van der Waals surface area contributed by atoms with Gasteiger partial charge in [0.15, 0.2) is 0 Å². The van der Waals surface area contributed by atoms with Gasteiger partial charge in [0.05, 0.1) is 0 Å². The molecule has 0 N–H and O–H groups in total. The highest BCUT2D eigenvalue weighted by Crippen LogP contribution is 2.17. The van der Waals surface area contributed by atoms with Crippen LogP contribution in [0.2, 0.25) is 0 Å². The highest BCUT2D eigenvalue weighted by atomic mass is 35.5. The Hall–Kier alpha value is 0.500. The Morgan fingerprint density at radius 2 is 1.38 bits per heavy atom. The molecular weight excluding hydrogens is 279 g/mol. The van der Waals surface area contributed by atoms with Crippen LogP contribution in [0.3, 0.4) is 0 Å². The second kappa shape index (κ2) is 9.52. The SMILES string of the molecule is ClCCSCc1cccc(CSCCCl)c1. The third-order valence-corrected chi connectivity index (χ3v) is 4.86. The number of rotatable bonds is 8. The van der Waals surface area contributed by atoms with E-state index in [4.69, 9.17) is 23.2 Å². The molecule has 1 aromatic carbocycles. The van der Waals surface area contributed by atoms with Crippen molar-refractivity contribution in [1.82, 2.24) is 0 Å². The normalized spacial score (nSPS) is 10.6. The molecule has 0 amide bonds. The summed E-state index contributed by atoms with van der Waals surface area (Å²) in [6.45, 7) is 0. The van der Waals surface area contributed by atoms with Crippen molar-refractivity contribution in [2.75, 3.05) is 23.3 Å². The number of hydrogen-bond donors (Lipinski definition) is 0. The fraction of sp³-hybridized carbons (Fsp3) is 0.500. The summed E-state index contributed by atoms with van der Waals surface area (Å²) in [6.07, 6.45) is 0. The third kappa shape index (κ3) is 6.29. The van der Waals surface area contributed by atoms with Gasteiger partial charge in [0, 0.05) is 34.8 Å². The van der Waals surface area contributed by atoms with Crippen LogP contribution in [0.25, 0.3) is 0 Å². The van der Waals surface area contributed by atoms with Crippen LogP contribution in [0.4, 0.5) is 0 Å². The monoisotopic (exact) mass is 294 g/mol. The molecule has 0 spiro atoms. The van der Waals surface area contributed by atoms with Gasteiger partial charge in [-0.25, -0.2) is 0 Å². The second-order valence-electron chi connectivity index (χ2n) is 3.30. The van der Waals surface area contributed by atoms with E-state index in [1.807, 2.05) is 23.5 Å². The molecule has 0 saturated heterocycles. The fourth-order valence-corrected chi connectivity index (χ4v) is 3.29. The van der Waals surface area contributed by atoms with Crippen molar-refractivity contribution < 1.29 is 0 Å².